The molecule has 0 spiro atoms. The van der Waals surface area contributed by atoms with E-state index in [1.54, 1.807) is 14.2 Å². The maximum atomic E-state index is 5.55. The summed E-state index contributed by atoms with van der Waals surface area (Å²) in [5.41, 5.74) is 2.65. The number of hydrogen-bond acceptors (Lipinski definition) is 3. The van der Waals surface area contributed by atoms with Gasteiger partial charge < -0.3 is 14.8 Å². The summed E-state index contributed by atoms with van der Waals surface area (Å²) in [6, 6.07) is 8.88. The quantitative estimate of drug-likeness (QED) is 0.670. The lowest BCUT2D eigenvalue weighted by Gasteiger charge is -2.26. The minimum Gasteiger partial charge on any atom is -0.383 e. The highest BCUT2D eigenvalue weighted by Gasteiger charge is 2.20. The molecular formula is C18H31NO2. The molecular weight excluding hydrogens is 262 g/mol. The second-order valence-corrected chi connectivity index (χ2v) is 6.31. The first-order chi connectivity index (χ1) is 9.98. The summed E-state index contributed by atoms with van der Waals surface area (Å²) in [6.45, 7) is 9.06. The van der Waals surface area contributed by atoms with Crippen LogP contribution in [-0.4, -0.2) is 39.5 Å². The normalized spacial score (nSPS) is 13.4. The van der Waals surface area contributed by atoms with Crippen LogP contribution in [0.15, 0.2) is 24.3 Å². The Labute approximate surface area is 130 Å². The summed E-state index contributed by atoms with van der Waals surface area (Å²) >= 11 is 0. The van der Waals surface area contributed by atoms with E-state index >= 15 is 0 Å². The van der Waals surface area contributed by atoms with Crippen molar-refractivity contribution >= 4 is 0 Å². The molecule has 0 radical (unpaired) electrons. The van der Waals surface area contributed by atoms with Crippen molar-refractivity contribution in [2.75, 3.05) is 33.9 Å². The third-order valence-electron chi connectivity index (χ3n) is 4.07. The summed E-state index contributed by atoms with van der Waals surface area (Å²) in [7, 11) is 3.53. The van der Waals surface area contributed by atoms with E-state index in [1.807, 2.05) is 0 Å². The number of ether oxygens (including phenoxy) is 2. The first-order valence-electron chi connectivity index (χ1n) is 7.80. The standard InChI is InChI=1S/C18H31NO2/c1-15-6-8-16(9-7-15)17(14-19-12-13-20-4)10-11-18(2,3)21-5/h6-9,17,19H,10-14H2,1-5H3. The fraction of sp³-hybridized carbons (Fsp3) is 0.667. The minimum absolute atomic E-state index is 0.0600. The third kappa shape index (κ3) is 7.07. The molecule has 1 atom stereocenters. The molecule has 0 saturated heterocycles. The third-order valence-corrected chi connectivity index (χ3v) is 4.07. The van der Waals surface area contributed by atoms with E-state index in [1.165, 1.54) is 11.1 Å². The van der Waals surface area contributed by atoms with E-state index in [4.69, 9.17) is 9.47 Å². The van der Waals surface area contributed by atoms with Crippen molar-refractivity contribution in [1.29, 1.82) is 0 Å². The zero-order valence-corrected chi connectivity index (χ0v) is 14.2. The van der Waals surface area contributed by atoms with Crippen molar-refractivity contribution in [2.24, 2.45) is 0 Å². The highest BCUT2D eigenvalue weighted by atomic mass is 16.5. The molecule has 21 heavy (non-hydrogen) atoms. The molecule has 0 bridgehead atoms. The Bertz CT molecular complexity index is 387. The minimum atomic E-state index is -0.0600. The van der Waals surface area contributed by atoms with Crippen molar-refractivity contribution in [2.45, 2.75) is 45.1 Å². The second-order valence-electron chi connectivity index (χ2n) is 6.31. The Hall–Kier alpha value is -0.900. The molecule has 1 rings (SSSR count). The van der Waals surface area contributed by atoms with Crippen molar-refractivity contribution < 1.29 is 9.47 Å². The maximum Gasteiger partial charge on any atom is 0.0623 e. The summed E-state index contributed by atoms with van der Waals surface area (Å²) in [6.07, 6.45) is 2.16. The van der Waals surface area contributed by atoms with E-state index in [-0.39, 0.29) is 5.60 Å². The predicted octanol–water partition coefficient (Wildman–Crippen LogP) is 3.52. The zero-order chi connectivity index (χ0) is 15.7. The van der Waals surface area contributed by atoms with Gasteiger partial charge in [0.25, 0.3) is 0 Å². The molecule has 3 heteroatoms. The van der Waals surface area contributed by atoms with Gasteiger partial charge in [0.05, 0.1) is 12.2 Å². The number of nitrogens with one attached hydrogen (secondary N) is 1. The number of aryl methyl sites for hydroxylation is 1. The molecule has 0 amide bonds. The van der Waals surface area contributed by atoms with Crippen LogP contribution in [-0.2, 0) is 9.47 Å². The van der Waals surface area contributed by atoms with Crippen molar-refractivity contribution in [3.63, 3.8) is 0 Å². The van der Waals surface area contributed by atoms with Gasteiger partial charge in [-0.05, 0) is 45.1 Å². The van der Waals surface area contributed by atoms with Gasteiger partial charge in [0.1, 0.15) is 0 Å². The van der Waals surface area contributed by atoms with Crippen LogP contribution in [0.1, 0.15) is 43.7 Å². The highest BCUT2D eigenvalue weighted by molar-refractivity contribution is 5.24. The molecule has 1 aromatic rings. The summed E-state index contributed by atoms with van der Waals surface area (Å²) < 4.78 is 10.6. The van der Waals surface area contributed by atoms with E-state index < -0.39 is 0 Å². The van der Waals surface area contributed by atoms with Gasteiger partial charge in [-0.3, -0.25) is 0 Å². The first-order valence-corrected chi connectivity index (χ1v) is 7.80. The van der Waals surface area contributed by atoms with Crippen LogP contribution < -0.4 is 5.32 Å². The van der Waals surface area contributed by atoms with Gasteiger partial charge in [-0.1, -0.05) is 29.8 Å². The lowest BCUT2D eigenvalue weighted by molar-refractivity contribution is 0.0124. The van der Waals surface area contributed by atoms with E-state index in [0.29, 0.717) is 5.92 Å². The Kier molecular flexibility index (Phi) is 7.94. The molecule has 1 unspecified atom stereocenters. The molecule has 120 valence electrons. The predicted molar refractivity (Wildman–Crippen MR) is 89.0 cm³/mol. The van der Waals surface area contributed by atoms with E-state index in [9.17, 15) is 0 Å². The Morgan fingerprint density at radius 2 is 1.81 bits per heavy atom. The van der Waals surface area contributed by atoms with Crippen molar-refractivity contribution in [1.82, 2.24) is 5.32 Å². The maximum absolute atomic E-state index is 5.55. The zero-order valence-electron chi connectivity index (χ0n) is 14.2. The fourth-order valence-electron chi connectivity index (χ4n) is 2.30. The van der Waals surface area contributed by atoms with Gasteiger partial charge in [-0.15, -0.1) is 0 Å². The number of benzene rings is 1. The van der Waals surface area contributed by atoms with Crippen molar-refractivity contribution in [3.05, 3.63) is 35.4 Å². The summed E-state index contributed by atoms with van der Waals surface area (Å²) in [5.74, 6) is 0.511. The van der Waals surface area contributed by atoms with Gasteiger partial charge in [-0.2, -0.15) is 0 Å². The molecule has 1 N–H and O–H groups in total. The Morgan fingerprint density at radius 1 is 1.14 bits per heavy atom. The Morgan fingerprint density at radius 3 is 2.38 bits per heavy atom. The van der Waals surface area contributed by atoms with Crippen LogP contribution >= 0.6 is 0 Å². The molecule has 0 aliphatic carbocycles. The van der Waals surface area contributed by atoms with Crippen LogP contribution in [0.5, 0.6) is 0 Å². The molecule has 0 aliphatic heterocycles. The monoisotopic (exact) mass is 293 g/mol. The van der Waals surface area contributed by atoms with Gasteiger partial charge in [0, 0.05) is 27.3 Å². The SMILES string of the molecule is COCCNCC(CCC(C)(C)OC)c1ccc(C)cc1. The van der Waals surface area contributed by atoms with Crippen LogP contribution in [0.2, 0.25) is 0 Å². The smallest absolute Gasteiger partial charge is 0.0623 e. The molecule has 0 fully saturated rings. The van der Waals surface area contributed by atoms with Crippen LogP contribution in [0, 0.1) is 6.92 Å². The van der Waals surface area contributed by atoms with Crippen LogP contribution in [0.4, 0.5) is 0 Å². The highest BCUT2D eigenvalue weighted by Crippen LogP contribution is 2.26. The summed E-state index contributed by atoms with van der Waals surface area (Å²) in [5, 5.41) is 3.49. The van der Waals surface area contributed by atoms with Gasteiger partial charge in [0.2, 0.25) is 0 Å². The van der Waals surface area contributed by atoms with Crippen LogP contribution in [0.25, 0.3) is 0 Å². The fourth-order valence-corrected chi connectivity index (χ4v) is 2.30. The molecule has 0 heterocycles. The topological polar surface area (TPSA) is 30.5 Å². The van der Waals surface area contributed by atoms with Crippen molar-refractivity contribution in [3.8, 4) is 0 Å². The summed E-state index contributed by atoms with van der Waals surface area (Å²) in [4.78, 5) is 0. The molecule has 0 saturated carbocycles. The second kappa shape index (κ2) is 9.19. The first kappa shape index (κ1) is 18.1. The van der Waals surface area contributed by atoms with Crippen LogP contribution in [0.3, 0.4) is 0 Å². The number of hydrogen-bond donors (Lipinski definition) is 1. The average molecular weight is 293 g/mol. The largest absolute Gasteiger partial charge is 0.383 e. The Balaban J connectivity index is 2.63. The lowest BCUT2D eigenvalue weighted by Crippen LogP contribution is -2.28. The van der Waals surface area contributed by atoms with Gasteiger partial charge in [0.15, 0.2) is 0 Å². The van der Waals surface area contributed by atoms with Gasteiger partial charge >= 0.3 is 0 Å². The lowest BCUT2D eigenvalue weighted by atomic mass is 9.89. The average Bonchev–Trinajstić information content (AvgIpc) is 2.48. The molecule has 0 aromatic heterocycles. The molecule has 3 nitrogen and oxygen atoms in total. The number of methoxy groups -OCH3 is 2. The van der Waals surface area contributed by atoms with Gasteiger partial charge in [-0.25, -0.2) is 0 Å². The van der Waals surface area contributed by atoms with E-state index in [2.05, 4.69) is 50.4 Å². The molecule has 1 aromatic carbocycles. The van der Waals surface area contributed by atoms with E-state index in [0.717, 1.165) is 32.5 Å². The molecule has 0 aliphatic rings. The number of rotatable bonds is 10.